The molecular weight excluding hydrogens is 507 g/mol. The lowest BCUT2D eigenvalue weighted by Crippen LogP contribution is -2.40. The molecular formula is C19H32BrIN4O. The van der Waals surface area contributed by atoms with E-state index in [1.54, 1.807) is 0 Å². The second kappa shape index (κ2) is 13.6. The van der Waals surface area contributed by atoms with Gasteiger partial charge in [-0.05, 0) is 56.4 Å². The van der Waals surface area contributed by atoms with Crippen LogP contribution in [0.5, 0.6) is 0 Å². The number of hydrogen-bond acceptors (Lipinski definition) is 3. The average Bonchev–Trinajstić information content (AvgIpc) is 3.10. The van der Waals surface area contributed by atoms with Gasteiger partial charge in [-0.25, -0.2) is 0 Å². The molecule has 1 unspecified atom stereocenters. The SMILES string of the molecule is CCOCCCCNC(=NC)NCC1CCN(c2ccc(Br)cc2)C1.I. The Kier molecular flexibility index (Phi) is 12.3. The second-order valence-corrected chi connectivity index (χ2v) is 7.28. The normalized spacial score (nSPS) is 17.1. The van der Waals surface area contributed by atoms with Crippen LogP contribution in [-0.4, -0.2) is 52.4 Å². The highest BCUT2D eigenvalue weighted by atomic mass is 127. The molecule has 0 aliphatic carbocycles. The van der Waals surface area contributed by atoms with Crippen LogP contribution in [0.1, 0.15) is 26.2 Å². The summed E-state index contributed by atoms with van der Waals surface area (Å²) < 4.78 is 6.48. The van der Waals surface area contributed by atoms with Crippen LogP contribution >= 0.6 is 39.9 Å². The topological polar surface area (TPSA) is 48.9 Å². The number of ether oxygens (including phenoxy) is 1. The van der Waals surface area contributed by atoms with E-state index >= 15 is 0 Å². The molecule has 1 atom stereocenters. The standard InChI is InChI=1S/C19H31BrN4O.HI/c1-3-25-13-5-4-11-22-19(21-2)23-14-16-10-12-24(15-16)18-8-6-17(20)7-9-18;/h6-9,16H,3-5,10-15H2,1-2H3,(H2,21,22,23);1H. The Balaban J connectivity index is 0.00000338. The van der Waals surface area contributed by atoms with Crippen molar-refractivity contribution in [2.45, 2.75) is 26.2 Å². The van der Waals surface area contributed by atoms with Gasteiger partial charge in [0.25, 0.3) is 0 Å². The van der Waals surface area contributed by atoms with Crippen LogP contribution in [0.15, 0.2) is 33.7 Å². The molecule has 1 aliphatic heterocycles. The van der Waals surface area contributed by atoms with Crippen molar-refractivity contribution >= 4 is 51.6 Å². The van der Waals surface area contributed by atoms with Gasteiger partial charge in [-0.2, -0.15) is 0 Å². The second-order valence-electron chi connectivity index (χ2n) is 6.36. The van der Waals surface area contributed by atoms with E-state index < -0.39 is 0 Å². The van der Waals surface area contributed by atoms with Crippen LogP contribution in [-0.2, 0) is 4.74 Å². The Hall–Kier alpha value is -0.540. The predicted octanol–water partition coefficient (Wildman–Crippen LogP) is 3.88. The Morgan fingerprint density at radius 1 is 1.27 bits per heavy atom. The van der Waals surface area contributed by atoms with E-state index in [1.807, 2.05) is 14.0 Å². The van der Waals surface area contributed by atoms with Gasteiger partial charge in [-0.15, -0.1) is 24.0 Å². The zero-order valence-corrected chi connectivity index (χ0v) is 19.8. The third-order valence-corrected chi connectivity index (χ3v) is 5.00. The maximum absolute atomic E-state index is 5.35. The maximum atomic E-state index is 5.35. The molecule has 26 heavy (non-hydrogen) atoms. The summed E-state index contributed by atoms with van der Waals surface area (Å²) in [5.74, 6) is 1.55. The average molecular weight is 539 g/mol. The summed E-state index contributed by atoms with van der Waals surface area (Å²) in [5.41, 5.74) is 1.31. The number of aliphatic imine (C=N–C) groups is 1. The van der Waals surface area contributed by atoms with Crippen molar-refractivity contribution in [2.24, 2.45) is 10.9 Å². The molecule has 1 fully saturated rings. The zero-order valence-electron chi connectivity index (χ0n) is 15.8. The van der Waals surface area contributed by atoms with Gasteiger partial charge < -0.3 is 20.3 Å². The van der Waals surface area contributed by atoms with Crippen molar-refractivity contribution in [3.05, 3.63) is 28.7 Å². The van der Waals surface area contributed by atoms with Gasteiger partial charge in [0.05, 0.1) is 0 Å². The van der Waals surface area contributed by atoms with Crippen LogP contribution < -0.4 is 15.5 Å². The number of hydrogen-bond donors (Lipinski definition) is 2. The summed E-state index contributed by atoms with van der Waals surface area (Å²) in [7, 11) is 1.83. The van der Waals surface area contributed by atoms with Gasteiger partial charge in [0.2, 0.25) is 0 Å². The number of nitrogens with zero attached hydrogens (tertiary/aromatic N) is 2. The molecule has 1 heterocycles. The molecule has 1 saturated heterocycles. The molecule has 0 spiro atoms. The van der Waals surface area contributed by atoms with Gasteiger partial charge >= 0.3 is 0 Å². The quantitative estimate of drug-likeness (QED) is 0.217. The van der Waals surface area contributed by atoms with E-state index in [9.17, 15) is 0 Å². The van der Waals surface area contributed by atoms with E-state index in [-0.39, 0.29) is 24.0 Å². The van der Waals surface area contributed by atoms with Crippen molar-refractivity contribution in [3.8, 4) is 0 Å². The lowest BCUT2D eigenvalue weighted by molar-refractivity contribution is 0.143. The Bertz CT molecular complexity index is 527. The van der Waals surface area contributed by atoms with E-state index in [4.69, 9.17) is 4.74 Å². The number of halogens is 2. The molecule has 1 aromatic rings. The summed E-state index contributed by atoms with van der Waals surface area (Å²) in [5, 5.41) is 6.85. The molecule has 1 aliphatic rings. The minimum atomic E-state index is 0. The van der Waals surface area contributed by atoms with E-state index in [0.717, 1.165) is 62.7 Å². The highest BCUT2D eigenvalue weighted by Crippen LogP contribution is 2.24. The van der Waals surface area contributed by atoms with Crippen LogP contribution in [0.3, 0.4) is 0 Å². The molecule has 0 aromatic heterocycles. The van der Waals surface area contributed by atoms with Crippen LogP contribution in [0.2, 0.25) is 0 Å². The predicted molar refractivity (Wildman–Crippen MR) is 125 cm³/mol. The summed E-state index contributed by atoms with van der Waals surface area (Å²) in [6.45, 7) is 7.80. The molecule has 0 radical (unpaired) electrons. The van der Waals surface area contributed by atoms with Crippen LogP contribution in [0.25, 0.3) is 0 Å². The molecule has 1 aromatic carbocycles. The molecule has 2 rings (SSSR count). The lowest BCUT2D eigenvalue weighted by Gasteiger charge is -2.19. The Labute approximate surface area is 183 Å². The Morgan fingerprint density at radius 2 is 2.04 bits per heavy atom. The third kappa shape index (κ3) is 8.43. The molecule has 5 nitrogen and oxygen atoms in total. The van der Waals surface area contributed by atoms with Crippen LogP contribution in [0.4, 0.5) is 5.69 Å². The van der Waals surface area contributed by atoms with Gasteiger partial charge in [-0.1, -0.05) is 15.9 Å². The fraction of sp³-hybridized carbons (Fsp3) is 0.632. The van der Waals surface area contributed by atoms with Crippen LogP contribution in [0, 0.1) is 5.92 Å². The first-order valence-electron chi connectivity index (χ1n) is 9.25. The van der Waals surface area contributed by atoms with Crippen molar-refractivity contribution in [3.63, 3.8) is 0 Å². The summed E-state index contributed by atoms with van der Waals surface area (Å²) in [6, 6.07) is 8.59. The largest absolute Gasteiger partial charge is 0.382 e. The molecule has 0 saturated carbocycles. The molecule has 2 N–H and O–H groups in total. The summed E-state index contributed by atoms with van der Waals surface area (Å²) in [6.07, 6.45) is 3.40. The number of anilines is 1. The monoisotopic (exact) mass is 538 g/mol. The van der Waals surface area contributed by atoms with Gasteiger partial charge in [0.1, 0.15) is 0 Å². The number of rotatable bonds is 9. The minimum Gasteiger partial charge on any atom is -0.382 e. The fourth-order valence-electron chi connectivity index (χ4n) is 3.03. The van der Waals surface area contributed by atoms with Gasteiger partial charge in [0.15, 0.2) is 5.96 Å². The summed E-state index contributed by atoms with van der Waals surface area (Å²) >= 11 is 3.50. The summed E-state index contributed by atoms with van der Waals surface area (Å²) in [4.78, 5) is 6.78. The lowest BCUT2D eigenvalue weighted by atomic mass is 10.1. The number of nitrogens with one attached hydrogen (secondary N) is 2. The number of unbranched alkanes of at least 4 members (excludes halogenated alkanes) is 1. The molecule has 0 bridgehead atoms. The van der Waals surface area contributed by atoms with E-state index in [0.29, 0.717) is 5.92 Å². The van der Waals surface area contributed by atoms with Crippen molar-refractivity contribution < 1.29 is 4.74 Å². The first kappa shape index (κ1) is 23.5. The molecule has 7 heteroatoms. The van der Waals surface area contributed by atoms with Crippen molar-refractivity contribution in [1.29, 1.82) is 0 Å². The zero-order chi connectivity index (χ0) is 17.9. The number of guanidine groups is 1. The first-order valence-corrected chi connectivity index (χ1v) is 10.0. The van der Waals surface area contributed by atoms with E-state index in [1.165, 1.54) is 12.1 Å². The highest BCUT2D eigenvalue weighted by molar-refractivity contribution is 14.0. The first-order chi connectivity index (χ1) is 12.2. The van der Waals surface area contributed by atoms with Gasteiger partial charge in [0, 0.05) is 56.6 Å². The van der Waals surface area contributed by atoms with E-state index in [2.05, 4.69) is 60.7 Å². The third-order valence-electron chi connectivity index (χ3n) is 4.47. The molecule has 0 amide bonds. The Morgan fingerprint density at radius 3 is 2.73 bits per heavy atom. The minimum absolute atomic E-state index is 0. The number of benzene rings is 1. The smallest absolute Gasteiger partial charge is 0.190 e. The van der Waals surface area contributed by atoms with Gasteiger partial charge in [-0.3, -0.25) is 4.99 Å². The fourth-order valence-corrected chi connectivity index (χ4v) is 3.29. The van der Waals surface area contributed by atoms with Crippen molar-refractivity contribution in [1.82, 2.24) is 10.6 Å². The maximum Gasteiger partial charge on any atom is 0.190 e. The van der Waals surface area contributed by atoms with Crippen molar-refractivity contribution in [2.75, 3.05) is 51.3 Å². The molecule has 148 valence electrons. The highest BCUT2D eigenvalue weighted by Gasteiger charge is 2.22.